The van der Waals surface area contributed by atoms with Crippen LogP contribution in [0.15, 0.2) is 0 Å². The van der Waals surface area contributed by atoms with Crippen molar-refractivity contribution in [3.05, 3.63) is 0 Å². The highest BCUT2D eigenvalue weighted by Crippen LogP contribution is 2.40. The van der Waals surface area contributed by atoms with E-state index in [0.717, 1.165) is 19.3 Å². The minimum atomic E-state index is -0.885. The van der Waals surface area contributed by atoms with E-state index < -0.39 is 11.0 Å². The van der Waals surface area contributed by atoms with Gasteiger partial charge in [0.2, 0.25) is 23.6 Å². The second-order valence-corrected chi connectivity index (χ2v) is 10.3. The molecule has 5 N–H and O–H groups in total. The Hall–Kier alpha value is -2.04. The molecule has 10 heteroatoms. The van der Waals surface area contributed by atoms with Crippen molar-refractivity contribution in [2.24, 2.45) is 16.7 Å². The summed E-state index contributed by atoms with van der Waals surface area (Å²) < 4.78 is 0. The number of rotatable bonds is 13. The molecule has 0 spiro atoms. The number of hydroxylamine groups is 1. The molecule has 0 aliphatic carbocycles. The zero-order valence-corrected chi connectivity index (χ0v) is 20.4. The zero-order valence-electron chi connectivity index (χ0n) is 20.4. The summed E-state index contributed by atoms with van der Waals surface area (Å²) in [4.78, 5) is 56.0. The molecule has 0 radical (unpaired) electrons. The van der Waals surface area contributed by atoms with Crippen molar-refractivity contribution < 1.29 is 24.1 Å². The first-order chi connectivity index (χ1) is 14.8. The van der Waals surface area contributed by atoms with Gasteiger partial charge >= 0.3 is 0 Å². The van der Waals surface area contributed by atoms with Gasteiger partial charge in [-0.15, -0.1) is 0 Å². The molecule has 1 heterocycles. The minimum absolute atomic E-state index is 0.136. The molecular weight excluding hydrogens is 414 g/mol. The van der Waals surface area contributed by atoms with Crippen molar-refractivity contribution >= 4 is 23.6 Å². The van der Waals surface area contributed by atoms with Crippen LogP contribution in [0.5, 0.6) is 0 Å². The first kappa shape index (κ1) is 28.0. The third-order valence-electron chi connectivity index (χ3n) is 6.12. The Morgan fingerprint density at radius 3 is 2.16 bits per heavy atom. The Labute approximate surface area is 191 Å². The first-order valence-electron chi connectivity index (χ1n) is 11.3. The lowest BCUT2D eigenvalue weighted by molar-refractivity contribution is -0.162. The fourth-order valence-electron chi connectivity index (χ4n) is 4.33. The average molecular weight is 456 g/mol. The van der Waals surface area contributed by atoms with E-state index >= 15 is 0 Å². The Morgan fingerprint density at radius 2 is 1.62 bits per heavy atom. The smallest absolute Gasteiger partial charge is 0.239 e. The maximum atomic E-state index is 12.8. The van der Waals surface area contributed by atoms with Gasteiger partial charge in [0.15, 0.2) is 0 Å². The van der Waals surface area contributed by atoms with Crippen LogP contribution in [0.3, 0.4) is 0 Å². The predicted molar refractivity (Wildman–Crippen MR) is 120 cm³/mol. The van der Waals surface area contributed by atoms with Crippen LogP contribution in [0.4, 0.5) is 0 Å². The number of amides is 4. The van der Waals surface area contributed by atoms with E-state index in [2.05, 4.69) is 21.1 Å². The third kappa shape index (κ3) is 8.14. The Kier molecular flexibility index (Phi) is 10.2. The van der Waals surface area contributed by atoms with E-state index in [4.69, 9.17) is 5.90 Å². The van der Waals surface area contributed by atoms with Crippen LogP contribution < -0.4 is 22.0 Å². The normalized spacial score (nSPS) is 16.8. The summed E-state index contributed by atoms with van der Waals surface area (Å²) in [6, 6.07) is 0. The van der Waals surface area contributed by atoms with Gasteiger partial charge in [-0.05, 0) is 44.9 Å². The number of nitrogens with two attached hydrogens (primary N) is 1. The molecule has 0 unspecified atom stereocenters. The van der Waals surface area contributed by atoms with Crippen molar-refractivity contribution in [2.45, 2.75) is 85.6 Å². The minimum Gasteiger partial charge on any atom is -0.355 e. The van der Waals surface area contributed by atoms with Crippen LogP contribution in [-0.2, 0) is 24.1 Å². The molecule has 0 aromatic heterocycles. The molecule has 32 heavy (non-hydrogen) atoms. The van der Waals surface area contributed by atoms with Gasteiger partial charge in [0, 0.05) is 36.9 Å². The van der Waals surface area contributed by atoms with E-state index in [0.29, 0.717) is 25.9 Å². The quantitative estimate of drug-likeness (QED) is 0.185. The molecule has 0 aromatic rings. The van der Waals surface area contributed by atoms with Gasteiger partial charge in [-0.25, -0.2) is 4.94 Å². The number of likely N-dealkylation sites (tertiary alicyclic amines) is 1. The largest absolute Gasteiger partial charge is 0.355 e. The molecular formula is C22H41N5O5. The van der Waals surface area contributed by atoms with Crippen LogP contribution in [0.1, 0.15) is 80.1 Å². The third-order valence-corrected chi connectivity index (χ3v) is 6.12. The van der Waals surface area contributed by atoms with Crippen LogP contribution in [0.2, 0.25) is 0 Å². The second kappa shape index (κ2) is 11.7. The lowest BCUT2D eigenvalue weighted by atomic mass is 9.73. The highest BCUT2D eigenvalue weighted by Gasteiger charge is 2.47. The SMILES string of the molecule is CCC1(C)CC(=O)N(C(C)(C)CC(C)(C)C(=O)NCC(=O)NCCCCNON)C(=O)C1. The molecule has 0 bridgehead atoms. The molecule has 1 rings (SSSR count). The van der Waals surface area contributed by atoms with Crippen LogP contribution in [0.25, 0.3) is 0 Å². The van der Waals surface area contributed by atoms with E-state index in [1.54, 1.807) is 13.8 Å². The highest BCUT2D eigenvalue weighted by molar-refractivity contribution is 5.99. The van der Waals surface area contributed by atoms with Crippen molar-refractivity contribution in [1.82, 2.24) is 21.0 Å². The van der Waals surface area contributed by atoms with Crippen molar-refractivity contribution in [3.63, 3.8) is 0 Å². The van der Waals surface area contributed by atoms with Gasteiger partial charge in [-0.2, -0.15) is 11.4 Å². The van der Waals surface area contributed by atoms with E-state index in [9.17, 15) is 19.2 Å². The monoisotopic (exact) mass is 455 g/mol. The Morgan fingerprint density at radius 1 is 1.06 bits per heavy atom. The standard InChI is InChI=1S/C22H41N5O5/c1-7-22(6)12-17(29)27(18(30)13-22)21(4,5)15-20(2,3)19(31)25-14-16(28)24-10-8-9-11-26-32-23/h26H,7-15,23H2,1-6H3,(H,24,28)(H,25,31). The van der Waals surface area contributed by atoms with Gasteiger partial charge < -0.3 is 10.6 Å². The Balaban J connectivity index is 2.59. The van der Waals surface area contributed by atoms with Crippen LogP contribution in [0, 0.1) is 10.8 Å². The van der Waals surface area contributed by atoms with Crippen molar-refractivity contribution in [3.8, 4) is 0 Å². The molecule has 1 aliphatic rings. The Bertz CT molecular complexity index is 674. The van der Waals surface area contributed by atoms with E-state index in [-0.39, 0.29) is 42.0 Å². The molecule has 0 saturated carbocycles. The van der Waals surface area contributed by atoms with Crippen molar-refractivity contribution in [2.75, 3.05) is 19.6 Å². The zero-order chi connectivity index (χ0) is 24.6. The number of hydrogen-bond donors (Lipinski definition) is 4. The average Bonchev–Trinajstić information content (AvgIpc) is 2.66. The number of unbranched alkanes of at least 4 members (excludes halogenated alkanes) is 1. The molecule has 0 aromatic carbocycles. The van der Waals surface area contributed by atoms with Gasteiger partial charge in [-0.3, -0.25) is 24.1 Å². The number of carbonyl (C=O) groups excluding carboxylic acids is 4. The predicted octanol–water partition coefficient (Wildman–Crippen LogP) is 1.15. The fraction of sp³-hybridized carbons (Fsp3) is 0.818. The highest BCUT2D eigenvalue weighted by atomic mass is 16.8. The number of carbonyl (C=O) groups is 4. The summed E-state index contributed by atoms with van der Waals surface area (Å²) in [6.45, 7) is 12.0. The lowest BCUT2D eigenvalue weighted by Gasteiger charge is -2.46. The molecule has 1 saturated heterocycles. The molecule has 4 amide bonds. The van der Waals surface area contributed by atoms with Gasteiger partial charge in [0.1, 0.15) is 0 Å². The first-order valence-corrected chi connectivity index (χ1v) is 11.3. The maximum Gasteiger partial charge on any atom is 0.239 e. The number of nitrogens with one attached hydrogen (secondary N) is 3. The van der Waals surface area contributed by atoms with Crippen molar-refractivity contribution in [1.29, 1.82) is 0 Å². The summed E-state index contributed by atoms with van der Waals surface area (Å²) in [5.74, 6) is 3.87. The number of hydrogen-bond acceptors (Lipinski definition) is 7. The van der Waals surface area contributed by atoms with Crippen LogP contribution in [-0.4, -0.2) is 53.7 Å². The molecule has 184 valence electrons. The van der Waals surface area contributed by atoms with E-state index in [1.165, 1.54) is 4.90 Å². The fourth-order valence-corrected chi connectivity index (χ4v) is 4.33. The lowest BCUT2D eigenvalue weighted by Crippen LogP contribution is -2.58. The molecule has 0 atom stereocenters. The van der Waals surface area contributed by atoms with Gasteiger partial charge in [0.05, 0.1) is 6.54 Å². The van der Waals surface area contributed by atoms with Gasteiger partial charge in [0.25, 0.3) is 0 Å². The summed E-state index contributed by atoms with van der Waals surface area (Å²) in [5.41, 5.74) is 0.489. The summed E-state index contributed by atoms with van der Waals surface area (Å²) in [6.07, 6.45) is 3.20. The summed E-state index contributed by atoms with van der Waals surface area (Å²) in [5, 5.41) is 5.41. The summed E-state index contributed by atoms with van der Waals surface area (Å²) >= 11 is 0. The molecule has 10 nitrogen and oxygen atoms in total. The summed E-state index contributed by atoms with van der Waals surface area (Å²) in [7, 11) is 0. The second-order valence-electron chi connectivity index (χ2n) is 10.3. The number of imide groups is 1. The number of piperidine rings is 1. The van der Waals surface area contributed by atoms with E-state index in [1.807, 2.05) is 27.7 Å². The van der Waals surface area contributed by atoms with Gasteiger partial charge in [-0.1, -0.05) is 27.7 Å². The number of nitrogens with zero attached hydrogens (tertiary/aromatic N) is 1. The molecule has 1 aliphatic heterocycles. The van der Waals surface area contributed by atoms with Crippen LogP contribution >= 0.6 is 0 Å². The molecule has 1 fully saturated rings. The maximum absolute atomic E-state index is 12.8. The topological polar surface area (TPSA) is 143 Å².